The average Bonchev–Trinajstić information content (AvgIpc) is 2.64. The van der Waals surface area contributed by atoms with E-state index in [0.717, 1.165) is 0 Å². The van der Waals surface area contributed by atoms with Crippen molar-refractivity contribution in [3.63, 3.8) is 0 Å². The van der Waals surface area contributed by atoms with Gasteiger partial charge in [0.1, 0.15) is 6.04 Å². The Kier molecular flexibility index (Phi) is 8.94. The quantitative estimate of drug-likeness (QED) is 0.478. The van der Waals surface area contributed by atoms with Crippen molar-refractivity contribution in [2.24, 2.45) is 11.7 Å². The zero-order valence-corrected chi connectivity index (χ0v) is 15.2. The largest absolute Gasteiger partial charge is 0.466 e. The molecule has 0 bridgehead atoms. The van der Waals surface area contributed by atoms with Gasteiger partial charge in [-0.3, -0.25) is 19.2 Å². The lowest BCUT2D eigenvalue weighted by atomic mass is 9.94. The molecule has 4 N–H and O–H groups in total. The molecule has 1 rings (SSSR count). The summed E-state index contributed by atoms with van der Waals surface area (Å²) >= 11 is 0. The summed E-state index contributed by atoms with van der Waals surface area (Å²) in [5.41, 5.74) is 5.60. The average molecular weight is 380 g/mol. The van der Waals surface area contributed by atoms with Gasteiger partial charge in [0, 0.05) is 0 Å². The molecule has 3 atom stereocenters. The molecule has 0 spiro atoms. The Morgan fingerprint density at radius 1 is 1.07 bits per heavy atom. The predicted molar refractivity (Wildman–Crippen MR) is 93.9 cm³/mol. The second-order valence-electron chi connectivity index (χ2n) is 5.57. The molecule has 0 unspecified atom stereocenters. The number of hydrogen-bond acceptors (Lipinski definition) is 7. The molecule has 2 amide bonds. The van der Waals surface area contributed by atoms with E-state index in [1.807, 2.05) is 0 Å². The number of nitrogens with two attached hydrogens (primary N) is 1. The van der Waals surface area contributed by atoms with E-state index in [1.54, 1.807) is 32.0 Å². The number of benzene rings is 1. The van der Waals surface area contributed by atoms with E-state index in [-0.39, 0.29) is 18.8 Å². The highest BCUT2D eigenvalue weighted by atomic mass is 16.5. The minimum Gasteiger partial charge on any atom is -0.466 e. The van der Waals surface area contributed by atoms with Gasteiger partial charge in [0.2, 0.25) is 5.91 Å². The zero-order chi connectivity index (χ0) is 20.4. The fourth-order valence-corrected chi connectivity index (χ4v) is 2.37. The number of carbonyl (C=O) groups excluding carboxylic acids is 4. The van der Waals surface area contributed by atoms with Crippen LogP contribution in [-0.2, 0) is 28.7 Å². The van der Waals surface area contributed by atoms with E-state index >= 15 is 0 Å². The lowest BCUT2D eigenvalue weighted by Gasteiger charge is -2.24. The molecule has 0 saturated heterocycles. The van der Waals surface area contributed by atoms with Gasteiger partial charge in [-0.2, -0.15) is 0 Å². The number of ether oxygens (including phenoxy) is 2. The zero-order valence-electron chi connectivity index (χ0n) is 15.2. The summed E-state index contributed by atoms with van der Waals surface area (Å²) in [6.07, 6.45) is -2.10. The third-order valence-corrected chi connectivity index (χ3v) is 3.65. The van der Waals surface area contributed by atoms with Crippen LogP contribution in [0.2, 0.25) is 0 Å². The summed E-state index contributed by atoms with van der Waals surface area (Å²) in [6.45, 7) is 3.22. The highest BCUT2D eigenvalue weighted by Crippen LogP contribution is 2.17. The Hall–Kier alpha value is -2.94. The molecule has 0 aliphatic carbocycles. The van der Waals surface area contributed by atoms with Gasteiger partial charge in [-0.25, -0.2) is 0 Å². The highest BCUT2D eigenvalue weighted by molar-refractivity contribution is 5.94. The summed E-state index contributed by atoms with van der Waals surface area (Å²) in [6, 6.07) is 6.44. The van der Waals surface area contributed by atoms with Gasteiger partial charge >= 0.3 is 11.9 Å². The van der Waals surface area contributed by atoms with Crippen molar-refractivity contribution in [2.45, 2.75) is 32.4 Å². The number of carbonyl (C=O) groups is 4. The summed E-state index contributed by atoms with van der Waals surface area (Å²) in [4.78, 5) is 48.2. The lowest BCUT2D eigenvalue weighted by Crippen LogP contribution is -2.53. The van der Waals surface area contributed by atoms with E-state index in [4.69, 9.17) is 15.2 Å². The third-order valence-electron chi connectivity index (χ3n) is 3.65. The van der Waals surface area contributed by atoms with E-state index in [0.29, 0.717) is 0 Å². The number of hydrogen-bond donors (Lipinski definition) is 3. The highest BCUT2D eigenvalue weighted by Gasteiger charge is 2.38. The standard InChI is InChI=1S/C18H24N2O7/c1-3-26-13(21)10-12(18(25)27-4-2)14(16(19)23)20-17(24)15(22)11-8-6-5-7-9-11/h5-9,12,14-15,22H,3-4,10H2,1-2H3,(H2,19,23)(H,20,24)/t12-,14-,15-/m0/s1. The second kappa shape index (κ2) is 10.9. The first-order valence-corrected chi connectivity index (χ1v) is 8.46. The molecule has 0 aliphatic heterocycles. The van der Waals surface area contributed by atoms with Crippen LogP contribution < -0.4 is 11.1 Å². The molecule has 27 heavy (non-hydrogen) atoms. The molecular formula is C18H24N2O7. The molecule has 1 aromatic rings. The van der Waals surface area contributed by atoms with Crippen LogP contribution in [0.4, 0.5) is 0 Å². The van der Waals surface area contributed by atoms with Crippen LogP contribution in [0.15, 0.2) is 30.3 Å². The molecular weight excluding hydrogens is 356 g/mol. The Morgan fingerprint density at radius 2 is 1.67 bits per heavy atom. The van der Waals surface area contributed by atoms with Crippen LogP contribution in [0.5, 0.6) is 0 Å². The summed E-state index contributed by atoms with van der Waals surface area (Å²) in [5, 5.41) is 12.4. The maximum Gasteiger partial charge on any atom is 0.312 e. The van der Waals surface area contributed by atoms with Crippen molar-refractivity contribution in [2.75, 3.05) is 13.2 Å². The van der Waals surface area contributed by atoms with E-state index in [1.165, 1.54) is 12.1 Å². The summed E-state index contributed by atoms with van der Waals surface area (Å²) in [5.74, 6) is -5.01. The minimum absolute atomic E-state index is 0.00419. The molecule has 1 aromatic carbocycles. The van der Waals surface area contributed by atoms with Gasteiger partial charge in [0.05, 0.1) is 25.6 Å². The normalized spacial score (nSPS) is 13.7. The van der Waals surface area contributed by atoms with Gasteiger partial charge in [-0.15, -0.1) is 0 Å². The molecule has 0 saturated carbocycles. The Bertz CT molecular complexity index is 663. The number of aliphatic hydroxyl groups is 1. The third kappa shape index (κ3) is 6.70. The lowest BCUT2D eigenvalue weighted by molar-refractivity contribution is -0.157. The Labute approximate surface area is 156 Å². The van der Waals surface area contributed by atoms with Crippen LogP contribution in [0.3, 0.4) is 0 Å². The molecule has 0 heterocycles. The Morgan fingerprint density at radius 3 is 2.19 bits per heavy atom. The minimum atomic E-state index is -1.58. The number of esters is 2. The van der Waals surface area contributed by atoms with E-state index in [2.05, 4.69) is 5.32 Å². The number of primary amides is 1. The number of rotatable bonds is 10. The first kappa shape index (κ1) is 22.1. The first-order chi connectivity index (χ1) is 12.8. The predicted octanol–water partition coefficient (Wildman–Crippen LogP) is -0.177. The van der Waals surface area contributed by atoms with Crippen LogP contribution in [0.1, 0.15) is 31.9 Å². The number of aliphatic hydroxyl groups excluding tert-OH is 1. The van der Waals surface area contributed by atoms with Crippen molar-refractivity contribution in [3.05, 3.63) is 35.9 Å². The number of amides is 2. The van der Waals surface area contributed by atoms with Gasteiger partial charge < -0.3 is 25.6 Å². The summed E-state index contributed by atoms with van der Waals surface area (Å²) in [7, 11) is 0. The van der Waals surface area contributed by atoms with Crippen LogP contribution in [0.25, 0.3) is 0 Å². The maximum atomic E-state index is 12.3. The fourth-order valence-electron chi connectivity index (χ4n) is 2.37. The topological polar surface area (TPSA) is 145 Å². The van der Waals surface area contributed by atoms with Gasteiger partial charge in [0.25, 0.3) is 5.91 Å². The number of nitrogens with one attached hydrogen (secondary N) is 1. The van der Waals surface area contributed by atoms with Gasteiger partial charge in [-0.05, 0) is 19.4 Å². The maximum absolute atomic E-state index is 12.3. The smallest absolute Gasteiger partial charge is 0.312 e. The molecule has 148 valence electrons. The molecule has 9 nitrogen and oxygen atoms in total. The summed E-state index contributed by atoms with van der Waals surface area (Å²) < 4.78 is 9.66. The van der Waals surface area contributed by atoms with Crippen molar-refractivity contribution in [1.82, 2.24) is 5.32 Å². The van der Waals surface area contributed by atoms with Gasteiger partial charge in [0.15, 0.2) is 6.10 Å². The van der Waals surface area contributed by atoms with Crippen molar-refractivity contribution >= 4 is 23.8 Å². The molecule has 0 fully saturated rings. The van der Waals surface area contributed by atoms with Crippen molar-refractivity contribution < 1.29 is 33.8 Å². The first-order valence-electron chi connectivity index (χ1n) is 8.46. The Balaban J connectivity index is 3.01. The second-order valence-corrected chi connectivity index (χ2v) is 5.57. The molecule has 0 aliphatic rings. The molecule has 0 aromatic heterocycles. The van der Waals surface area contributed by atoms with Crippen LogP contribution in [-0.4, -0.2) is 48.1 Å². The SMILES string of the molecule is CCOC(=O)C[C@H](C(=O)OCC)[C@H](NC(=O)[C@@H](O)c1ccccc1)C(N)=O. The molecule has 0 radical (unpaired) electrons. The monoisotopic (exact) mass is 380 g/mol. The van der Waals surface area contributed by atoms with Crippen LogP contribution >= 0.6 is 0 Å². The van der Waals surface area contributed by atoms with Gasteiger partial charge in [-0.1, -0.05) is 30.3 Å². The van der Waals surface area contributed by atoms with E-state index in [9.17, 15) is 24.3 Å². The fraction of sp³-hybridized carbons (Fsp3) is 0.444. The van der Waals surface area contributed by atoms with Crippen LogP contribution in [0, 0.1) is 5.92 Å². The molecule has 9 heteroatoms. The van der Waals surface area contributed by atoms with Crippen molar-refractivity contribution in [1.29, 1.82) is 0 Å². The van der Waals surface area contributed by atoms with E-state index < -0.39 is 48.2 Å². The van der Waals surface area contributed by atoms with Crippen molar-refractivity contribution in [3.8, 4) is 0 Å².